The number of hydrogen-bond donors (Lipinski definition) is 1. The fourth-order valence-corrected chi connectivity index (χ4v) is 3.28. The summed E-state index contributed by atoms with van der Waals surface area (Å²) in [6.45, 7) is 1.02. The molecule has 3 aliphatic rings. The maximum absolute atomic E-state index is 12.4. The lowest BCUT2D eigenvalue weighted by molar-refractivity contribution is -0.207. The molecule has 3 aliphatic carbocycles. The zero-order valence-electron chi connectivity index (χ0n) is 7.53. The minimum Gasteiger partial charge on any atom is -0.307 e. The molecule has 0 aromatic heterocycles. The fraction of sp³-hybridized carbons (Fsp3) is 1.00. The zero-order chi connectivity index (χ0) is 8.66. The minimum absolute atomic E-state index is 0.0860. The lowest BCUT2D eigenvalue weighted by Crippen LogP contribution is -2.66. The first kappa shape index (κ1) is 8.82. The molecule has 70 valence electrons. The average Bonchev–Trinajstić information content (AvgIpc) is 1.92. The number of thioether (sulfide) groups is 1. The molecule has 0 unspecified atom stereocenters. The van der Waals surface area contributed by atoms with Crippen molar-refractivity contribution in [2.24, 2.45) is 10.8 Å². The molecule has 3 fully saturated rings. The van der Waals surface area contributed by atoms with Crippen LogP contribution >= 0.6 is 11.8 Å². The van der Waals surface area contributed by atoms with E-state index in [-0.39, 0.29) is 12.1 Å². The monoisotopic (exact) mass is 189 g/mol. The van der Waals surface area contributed by atoms with E-state index in [1.54, 1.807) is 0 Å². The van der Waals surface area contributed by atoms with E-state index in [0.717, 1.165) is 31.7 Å². The maximum atomic E-state index is 12.4. The van der Waals surface area contributed by atoms with Gasteiger partial charge >= 0.3 is 0 Å². The molecule has 3 heteroatoms. The van der Waals surface area contributed by atoms with Crippen molar-refractivity contribution in [2.45, 2.75) is 19.3 Å². The van der Waals surface area contributed by atoms with E-state index in [2.05, 4.69) is 11.6 Å². The van der Waals surface area contributed by atoms with Crippen molar-refractivity contribution >= 4 is 11.8 Å². The van der Waals surface area contributed by atoms with E-state index in [0.29, 0.717) is 5.41 Å². The zero-order valence-corrected chi connectivity index (χ0v) is 8.35. The highest BCUT2D eigenvalue weighted by Gasteiger charge is 2.67. The highest BCUT2D eigenvalue weighted by atomic mass is 32.2. The predicted molar refractivity (Wildman–Crippen MR) is 51.1 cm³/mol. The molecule has 1 nitrogen and oxygen atoms in total. The van der Waals surface area contributed by atoms with Crippen molar-refractivity contribution in [3.63, 3.8) is 0 Å². The third kappa shape index (κ3) is 1.18. The van der Waals surface area contributed by atoms with E-state index in [4.69, 9.17) is 0 Å². The first-order valence-corrected chi connectivity index (χ1v) is 5.89. The van der Waals surface area contributed by atoms with Gasteiger partial charge in [0.1, 0.15) is 0 Å². The Hall–Kier alpha value is 0.240. The van der Waals surface area contributed by atoms with Crippen LogP contribution in [0, 0.1) is 10.8 Å². The Morgan fingerprint density at radius 2 is 2.00 bits per heavy atom. The third-order valence-electron chi connectivity index (χ3n) is 3.28. The Balaban J connectivity index is 1.67. The second-order valence-corrected chi connectivity index (χ2v) is 5.39. The molecule has 3 rings (SSSR count). The van der Waals surface area contributed by atoms with Crippen LogP contribution in [0.15, 0.2) is 0 Å². The molecule has 0 radical (unpaired) electrons. The SMILES string of the molecule is CSCNCC12CC(CF)(C1)C2. The molecule has 0 amide bonds. The minimum atomic E-state index is -0.0860. The van der Waals surface area contributed by atoms with Gasteiger partial charge in [0.05, 0.1) is 6.67 Å². The topological polar surface area (TPSA) is 12.0 Å². The van der Waals surface area contributed by atoms with Crippen molar-refractivity contribution in [1.29, 1.82) is 0 Å². The molecule has 1 N–H and O–H groups in total. The summed E-state index contributed by atoms with van der Waals surface area (Å²) < 4.78 is 12.4. The van der Waals surface area contributed by atoms with E-state index in [1.807, 2.05) is 11.8 Å². The fourth-order valence-electron chi connectivity index (χ4n) is 2.98. The van der Waals surface area contributed by atoms with Crippen molar-refractivity contribution in [3.8, 4) is 0 Å². The number of halogens is 1. The molecule has 0 aromatic carbocycles. The van der Waals surface area contributed by atoms with E-state index in [9.17, 15) is 4.39 Å². The number of alkyl halides is 1. The smallest absolute Gasteiger partial charge is 0.0951 e. The van der Waals surface area contributed by atoms with E-state index < -0.39 is 0 Å². The van der Waals surface area contributed by atoms with Gasteiger partial charge in [-0.2, -0.15) is 0 Å². The van der Waals surface area contributed by atoms with Crippen LogP contribution in [0.1, 0.15) is 19.3 Å². The maximum Gasteiger partial charge on any atom is 0.0951 e. The normalized spacial score (nSPS) is 43.5. The van der Waals surface area contributed by atoms with Crippen LogP contribution in [-0.2, 0) is 0 Å². The molecule has 0 spiro atoms. The van der Waals surface area contributed by atoms with Gasteiger partial charge in [0.2, 0.25) is 0 Å². The van der Waals surface area contributed by atoms with Gasteiger partial charge in [0.25, 0.3) is 0 Å². The molecule has 0 aromatic rings. The second-order valence-electron chi connectivity index (χ2n) is 4.52. The Kier molecular flexibility index (Phi) is 2.11. The number of rotatable bonds is 5. The Morgan fingerprint density at radius 1 is 1.33 bits per heavy atom. The lowest BCUT2D eigenvalue weighted by Gasteiger charge is -2.70. The molecule has 2 bridgehead atoms. The summed E-state index contributed by atoms with van der Waals surface area (Å²) in [4.78, 5) is 0. The summed E-state index contributed by atoms with van der Waals surface area (Å²) in [5.41, 5.74) is 0.670. The summed E-state index contributed by atoms with van der Waals surface area (Å²) in [5.74, 6) is 1.03. The molecule has 0 heterocycles. The summed E-state index contributed by atoms with van der Waals surface area (Å²) in [6.07, 6.45) is 5.51. The standard InChI is InChI=1S/C9H16FNS/c1-12-7-11-6-9-2-8(3-9,4-9)5-10/h11H,2-7H2,1H3. The van der Waals surface area contributed by atoms with Crippen molar-refractivity contribution in [1.82, 2.24) is 5.32 Å². The van der Waals surface area contributed by atoms with Gasteiger partial charge in [-0.15, -0.1) is 11.8 Å². The Morgan fingerprint density at radius 3 is 2.50 bits per heavy atom. The van der Waals surface area contributed by atoms with Gasteiger partial charge in [-0.05, 0) is 30.9 Å². The number of nitrogens with one attached hydrogen (secondary N) is 1. The van der Waals surface area contributed by atoms with Gasteiger partial charge < -0.3 is 5.32 Å². The van der Waals surface area contributed by atoms with Gasteiger partial charge in [-0.3, -0.25) is 4.39 Å². The molecule has 12 heavy (non-hydrogen) atoms. The molecule has 0 saturated heterocycles. The van der Waals surface area contributed by atoms with Crippen LogP contribution in [-0.4, -0.2) is 25.4 Å². The van der Waals surface area contributed by atoms with Crippen molar-refractivity contribution in [3.05, 3.63) is 0 Å². The third-order valence-corrected chi connectivity index (χ3v) is 3.77. The summed E-state index contributed by atoms with van der Waals surface area (Å²) >= 11 is 1.81. The highest BCUT2D eigenvalue weighted by Crippen LogP contribution is 2.73. The quantitative estimate of drug-likeness (QED) is 0.524. The van der Waals surface area contributed by atoms with Gasteiger partial charge in [-0.1, -0.05) is 0 Å². The van der Waals surface area contributed by atoms with Crippen LogP contribution in [0.25, 0.3) is 0 Å². The highest BCUT2D eigenvalue weighted by molar-refractivity contribution is 7.98. The lowest BCUT2D eigenvalue weighted by atomic mass is 9.35. The molecule has 3 saturated carbocycles. The first-order chi connectivity index (χ1) is 5.74. The average molecular weight is 189 g/mol. The van der Waals surface area contributed by atoms with Crippen LogP contribution in [0.4, 0.5) is 4.39 Å². The van der Waals surface area contributed by atoms with Gasteiger partial charge in [0, 0.05) is 17.8 Å². The Bertz CT molecular complexity index is 164. The first-order valence-electron chi connectivity index (χ1n) is 4.50. The van der Waals surface area contributed by atoms with Crippen LogP contribution < -0.4 is 5.32 Å². The van der Waals surface area contributed by atoms with E-state index >= 15 is 0 Å². The predicted octanol–water partition coefficient (Wildman–Crippen LogP) is 2.04. The van der Waals surface area contributed by atoms with Gasteiger partial charge in [-0.25, -0.2) is 0 Å². The largest absolute Gasteiger partial charge is 0.307 e. The number of hydrogen-bond acceptors (Lipinski definition) is 2. The molecular formula is C9H16FNS. The van der Waals surface area contributed by atoms with Crippen molar-refractivity contribution < 1.29 is 4.39 Å². The van der Waals surface area contributed by atoms with Crippen LogP contribution in [0.2, 0.25) is 0 Å². The van der Waals surface area contributed by atoms with Gasteiger partial charge in [0.15, 0.2) is 0 Å². The summed E-state index contributed by atoms with van der Waals surface area (Å²) in [7, 11) is 0. The summed E-state index contributed by atoms with van der Waals surface area (Å²) in [5, 5.41) is 3.40. The van der Waals surface area contributed by atoms with Crippen LogP contribution in [0.5, 0.6) is 0 Å². The molecular weight excluding hydrogens is 173 g/mol. The Labute approximate surface area is 77.5 Å². The van der Waals surface area contributed by atoms with E-state index in [1.165, 1.54) is 0 Å². The summed E-state index contributed by atoms with van der Waals surface area (Å²) in [6, 6.07) is 0. The molecule has 0 aliphatic heterocycles. The molecule has 0 atom stereocenters. The van der Waals surface area contributed by atoms with Crippen molar-refractivity contribution in [2.75, 3.05) is 25.4 Å². The second kappa shape index (κ2) is 2.88. The van der Waals surface area contributed by atoms with Crippen LogP contribution in [0.3, 0.4) is 0 Å².